The van der Waals surface area contributed by atoms with Crippen LogP contribution in [-0.4, -0.2) is 74.2 Å². The van der Waals surface area contributed by atoms with Crippen molar-refractivity contribution in [1.82, 2.24) is 29.2 Å². The summed E-state index contributed by atoms with van der Waals surface area (Å²) < 4.78 is 9.27. The Bertz CT molecular complexity index is 1720. The summed E-state index contributed by atoms with van der Waals surface area (Å²) in [6.07, 6.45) is 5.53. The maximum absolute atomic E-state index is 13.5. The molecule has 5 heterocycles. The van der Waals surface area contributed by atoms with E-state index in [1.165, 1.54) is 10.4 Å². The number of nitrogens with zero attached hydrogens (tertiary/aromatic N) is 7. The zero-order valence-electron chi connectivity index (χ0n) is 24.1. The fraction of sp³-hybridized carbons (Fsp3) is 0.419. The van der Waals surface area contributed by atoms with Crippen molar-refractivity contribution in [3.8, 4) is 11.6 Å². The molecule has 2 aliphatic heterocycles. The second-order valence-electron chi connectivity index (χ2n) is 11.7. The number of likely N-dealkylation sites (N-methyl/N-ethyl adjacent to an activating group) is 1. The van der Waals surface area contributed by atoms with E-state index < -0.39 is 5.60 Å². The van der Waals surface area contributed by atoms with Crippen LogP contribution in [0.1, 0.15) is 31.9 Å². The summed E-state index contributed by atoms with van der Waals surface area (Å²) in [5.41, 5.74) is 1.31. The molecule has 1 unspecified atom stereocenters. The zero-order chi connectivity index (χ0) is 29.1. The maximum Gasteiger partial charge on any atom is 0.278 e. The van der Waals surface area contributed by atoms with Gasteiger partial charge >= 0.3 is 0 Å². The van der Waals surface area contributed by atoms with Gasteiger partial charge in [-0.05, 0) is 62.7 Å². The predicted molar refractivity (Wildman–Crippen MR) is 162 cm³/mol. The SMILES string of the molecule is C=CCn1c(=O)c2cnc(Nc3ccc(N4CCN(C)CC4)cc3)nc2n1-c1ccc2c(n1)C(O)(CC)C1(CC1)CO2. The first kappa shape index (κ1) is 26.7. The Hall–Kier alpha value is -4.22. The van der Waals surface area contributed by atoms with Gasteiger partial charge in [-0.3, -0.25) is 4.79 Å². The molecule has 3 aromatic heterocycles. The normalized spacial score (nSPS) is 21.3. The van der Waals surface area contributed by atoms with Crippen molar-refractivity contribution in [2.24, 2.45) is 5.41 Å². The van der Waals surface area contributed by atoms with E-state index in [9.17, 15) is 9.90 Å². The molecule has 2 N–H and O–H groups in total. The molecular weight excluding hydrogens is 532 g/mol. The van der Waals surface area contributed by atoms with Gasteiger partial charge in [0.2, 0.25) is 5.95 Å². The van der Waals surface area contributed by atoms with Crippen LogP contribution in [0.5, 0.6) is 5.75 Å². The highest BCUT2D eigenvalue weighted by Crippen LogP contribution is 2.62. The largest absolute Gasteiger partial charge is 0.491 e. The van der Waals surface area contributed by atoms with E-state index in [0.29, 0.717) is 47.3 Å². The molecule has 0 radical (unpaired) electrons. The number of pyridine rings is 1. The first-order valence-electron chi connectivity index (χ1n) is 14.6. The van der Waals surface area contributed by atoms with Crippen LogP contribution < -0.4 is 20.5 Å². The first-order valence-corrected chi connectivity index (χ1v) is 14.6. The van der Waals surface area contributed by atoms with Crippen LogP contribution in [0.3, 0.4) is 0 Å². The highest BCUT2D eigenvalue weighted by atomic mass is 16.5. The summed E-state index contributed by atoms with van der Waals surface area (Å²) in [4.78, 5) is 32.3. The number of benzene rings is 1. The lowest BCUT2D eigenvalue weighted by molar-refractivity contribution is -0.0814. The number of rotatable bonds is 7. The van der Waals surface area contributed by atoms with E-state index >= 15 is 0 Å². The monoisotopic (exact) mass is 568 g/mol. The van der Waals surface area contributed by atoms with Crippen molar-refractivity contribution in [3.05, 3.63) is 71.3 Å². The van der Waals surface area contributed by atoms with Gasteiger partial charge in [-0.25, -0.2) is 19.3 Å². The van der Waals surface area contributed by atoms with Crippen molar-refractivity contribution in [1.29, 1.82) is 0 Å². The Balaban J connectivity index is 1.26. The van der Waals surface area contributed by atoms with Crippen molar-refractivity contribution < 1.29 is 9.84 Å². The molecule has 1 aliphatic carbocycles. The van der Waals surface area contributed by atoms with E-state index in [2.05, 4.69) is 45.9 Å². The summed E-state index contributed by atoms with van der Waals surface area (Å²) in [6.45, 7) is 10.7. The molecule has 1 atom stereocenters. The molecule has 11 heteroatoms. The molecule has 1 saturated heterocycles. The minimum absolute atomic E-state index is 0.242. The number of aliphatic hydroxyl groups is 1. The molecule has 1 aromatic carbocycles. The number of allylic oxidation sites excluding steroid dienone is 1. The second-order valence-corrected chi connectivity index (χ2v) is 11.7. The van der Waals surface area contributed by atoms with Gasteiger partial charge in [0, 0.05) is 49.2 Å². The molecule has 218 valence electrons. The summed E-state index contributed by atoms with van der Waals surface area (Å²) in [7, 11) is 2.15. The number of ether oxygens (including phenoxy) is 1. The highest BCUT2D eigenvalue weighted by molar-refractivity contribution is 5.77. The standard InChI is InChI=1S/C31H36N8O3/c1-4-14-38-28(40)23-19-32-29(33-21-6-8-22(9-7-21)37-17-15-36(3)16-18-37)35-27(23)39(38)25-11-10-24-26(34-25)31(41,5-2)30(12-13-30)20-42-24/h4,6-11,19,41H,1,5,12-18,20H2,2-3H3,(H,32,33,35). The van der Waals surface area contributed by atoms with E-state index in [1.807, 2.05) is 25.1 Å². The number of fused-ring (bicyclic) bond motifs is 2. The van der Waals surface area contributed by atoms with Crippen LogP contribution in [0.2, 0.25) is 0 Å². The molecule has 7 rings (SSSR count). The third kappa shape index (κ3) is 4.18. The van der Waals surface area contributed by atoms with Crippen LogP contribution in [0, 0.1) is 5.41 Å². The predicted octanol–water partition coefficient (Wildman–Crippen LogP) is 3.43. The summed E-state index contributed by atoms with van der Waals surface area (Å²) in [6, 6.07) is 11.9. The van der Waals surface area contributed by atoms with Crippen LogP contribution in [0.25, 0.3) is 16.9 Å². The van der Waals surface area contributed by atoms with E-state index in [1.54, 1.807) is 23.0 Å². The molecule has 0 amide bonds. The molecule has 11 nitrogen and oxygen atoms in total. The van der Waals surface area contributed by atoms with Gasteiger partial charge in [-0.2, -0.15) is 4.98 Å². The van der Waals surface area contributed by atoms with Gasteiger partial charge in [0.25, 0.3) is 5.56 Å². The lowest BCUT2D eigenvalue weighted by Gasteiger charge is -2.40. The third-order valence-electron chi connectivity index (χ3n) is 9.17. The van der Waals surface area contributed by atoms with E-state index in [0.717, 1.165) is 44.7 Å². The topological polar surface area (TPSA) is 114 Å². The summed E-state index contributed by atoms with van der Waals surface area (Å²) >= 11 is 0. The average Bonchev–Trinajstić information content (AvgIpc) is 3.76. The molecule has 3 aliphatic rings. The molecule has 4 aromatic rings. The number of nitrogens with one attached hydrogen (secondary N) is 1. The smallest absolute Gasteiger partial charge is 0.278 e. The minimum atomic E-state index is -1.10. The summed E-state index contributed by atoms with van der Waals surface area (Å²) in [5.74, 6) is 1.41. The van der Waals surface area contributed by atoms with Crippen LogP contribution in [-0.2, 0) is 12.1 Å². The Labute approximate surface area is 244 Å². The van der Waals surface area contributed by atoms with Gasteiger partial charge in [0.15, 0.2) is 11.5 Å². The Kier molecular flexibility index (Phi) is 6.32. The Morgan fingerprint density at radius 1 is 1.10 bits per heavy atom. The van der Waals surface area contributed by atoms with Crippen LogP contribution >= 0.6 is 0 Å². The average molecular weight is 569 g/mol. The van der Waals surface area contributed by atoms with Gasteiger partial charge in [0.05, 0.1) is 13.2 Å². The number of aromatic nitrogens is 5. The number of piperazine rings is 1. The fourth-order valence-electron chi connectivity index (χ4n) is 6.36. The number of anilines is 3. The molecule has 2 fully saturated rings. The Morgan fingerprint density at radius 3 is 2.55 bits per heavy atom. The lowest BCUT2D eigenvalue weighted by atomic mass is 9.77. The molecule has 1 spiro atoms. The first-order chi connectivity index (χ1) is 20.4. The van der Waals surface area contributed by atoms with Crippen molar-refractivity contribution in [2.75, 3.05) is 50.1 Å². The van der Waals surface area contributed by atoms with E-state index in [-0.39, 0.29) is 17.5 Å². The number of hydrogen-bond donors (Lipinski definition) is 2. The molecule has 1 saturated carbocycles. The second kappa shape index (κ2) is 9.95. The molecule has 0 bridgehead atoms. The maximum atomic E-state index is 13.5. The van der Waals surface area contributed by atoms with E-state index in [4.69, 9.17) is 14.7 Å². The third-order valence-corrected chi connectivity index (χ3v) is 9.17. The summed E-state index contributed by atoms with van der Waals surface area (Å²) in [5, 5.41) is 15.5. The number of hydrogen-bond acceptors (Lipinski definition) is 9. The van der Waals surface area contributed by atoms with Gasteiger partial charge < -0.3 is 25.0 Å². The fourth-order valence-corrected chi connectivity index (χ4v) is 6.36. The van der Waals surface area contributed by atoms with Crippen LogP contribution in [0.4, 0.5) is 17.3 Å². The Morgan fingerprint density at radius 2 is 1.86 bits per heavy atom. The van der Waals surface area contributed by atoms with Crippen molar-refractivity contribution in [3.63, 3.8) is 0 Å². The zero-order valence-corrected chi connectivity index (χ0v) is 24.1. The quantitative estimate of drug-likeness (QED) is 0.324. The van der Waals surface area contributed by atoms with Gasteiger partial charge in [0.1, 0.15) is 22.4 Å². The van der Waals surface area contributed by atoms with Gasteiger partial charge in [-0.15, -0.1) is 6.58 Å². The van der Waals surface area contributed by atoms with Crippen molar-refractivity contribution >= 4 is 28.4 Å². The van der Waals surface area contributed by atoms with Crippen LogP contribution in [0.15, 0.2) is 60.0 Å². The highest BCUT2D eigenvalue weighted by Gasteiger charge is 2.63. The lowest BCUT2D eigenvalue weighted by Crippen LogP contribution is -2.44. The molecule has 42 heavy (non-hydrogen) atoms. The minimum Gasteiger partial charge on any atom is -0.491 e. The molecular formula is C31H36N8O3. The van der Waals surface area contributed by atoms with Gasteiger partial charge in [-0.1, -0.05) is 13.0 Å². The van der Waals surface area contributed by atoms with Crippen molar-refractivity contribution in [2.45, 2.75) is 38.3 Å².